The fourth-order valence-corrected chi connectivity index (χ4v) is 3.68. The van der Waals surface area contributed by atoms with Crippen molar-refractivity contribution < 1.29 is 28.2 Å². The minimum absolute atomic E-state index is 0.0820. The third-order valence-electron chi connectivity index (χ3n) is 5.57. The molecule has 0 unspecified atom stereocenters. The number of aryl methyl sites for hydroxylation is 1. The first-order valence-corrected chi connectivity index (χ1v) is 11.1. The summed E-state index contributed by atoms with van der Waals surface area (Å²) in [5.41, 5.74) is 2.48. The molecule has 0 spiro atoms. The number of fused-ring (bicyclic) bond motifs is 1. The van der Waals surface area contributed by atoms with E-state index in [-0.39, 0.29) is 31.7 Å². The third kappa shape index (κ3) is 5.77. The van der Waals surface area contributed by atoms with E-state index in [1.165, 1.54) is 4.90 Å². The van der Waals surface area contributed by atoms with E-state index in [1.54, 1.807) is 36.5 Å². The lowest BCUT2D eigenvalue weighted by Crippen LogP contribution is -2.43. The van der Waals surface area contributed by atoms with Gasteiger partial charge in [-0.1, -0.05) is 23.8 Å². The number of furan rings is 1. The van der Waals surface area contributed by atoms with Crippen LogP contribution in [0.4, 0.5) is 0 Å². The Morgan fingerprint density at radius 3 is 2.50 bits per heavy atom. The molecule has 0 saturated carbocycles. The van der Waals surface area contributed by atoms with Gasteiger partial charge in [0.25, 0.3) is 5.91 Å². The number of ether oxygens (including phenoxy) is 3. The second-order valence-corrected chi connectivity index (χ2v) is 8.10. The molecule has 0 saturated heterocycles. The molecule has 0 fully saturated rings. The van der Waals surface area contributed by atoms with Crippen LogP contribution in [0.5, 0.6) is 11.5 Å². The van der Waals surface area contributed by atoms with Gasteiger partial charge in [0.05, 0.1) is 19.4 Å². The Bertz CT molecular complexity index is 1110. The molecule has 0 bridgehead atoms. The van der Waals surface area contributed by atoms with Crippen molar-refractivity contribution >= 4 is 11.8 Å². The number of carbonyl (C=O) groups is 2. The average molecular weight is 465 g/mol. The summed E-state index contributed by atoms with van der Waals surface area (Å²) in [6.45, 7) is 3.29. The molecular weight excluding hydrogens is 436 g/mol. The highest BCUT2D eigenvalue weighted by Gasteiger charge is 2.24. The Morgan fingerprint density at radius 2 is 1.76 bits per heavy atom. The number of amides is 2. The molecule has 1 aliphatic heterocycles. The van der Waals surface area contributed by atoms with Crippen LogP contribution in [-0.4, -0.2) is 55.2 Å². The number of hydrogen-bond acceptors (Lipinski definition) is 6. The molecule has 2 amide bonds. The van der Waals surface area contributed by atoms with Gasteiger partial charge in [0.15, 0.2) is 11.5 Å². The van der Waals surface area contributed by atoms with Crippen LogP contribution in [0.1, 0.15) is 27.2 Å². The molecule has 178 valence electrons. The lowest BCUT2D eigenvalue weighted by molar-refractivity contribution is -0.133. The van der Waals surface area contributed by atoms with Crippen LogP contribution in [0.3, 0.4) is 0 Å². The van der Waals surface area contributed by atoms with Crippen molar-refractivity contribution in [3.63, 3.8) is 0 Å². The Labute approximate surface area is 198 Å². The molecule has 0 radical (unpaired) electrons. The van der Waals surface area contributed by atoms with Crippen LogP contribution in [0.15, 0.2) is 65.3 Å². The molecule has 8 nitrogen and oxygen atoms in total. The summed E-state index contributed by atoms with van der Waals surface area (Å²) in [6, 6.07) is 16.5. The van der Waals surface area contributed by atoms with Crippen LogP contribution in [0.2, 0.25) is 0 Å². The van der Waals surface area contributed by atoms with Crippen LogP contribution < -0.4 is 9.47 Å². The molecule has 2 heterocycles. The van der Waals surface area contributed by atoms with Gasteiger partial charge in [0.2, 0.25) is 12.7 Å². The maximum absolute atomic E-state index is 13.5. The van der Waals surface area contributed by atoms with Gasteiger partial charge in [0.1, 0.15) is 12.3 Å². The van der Waals surface area contributed by atoms with Gasteiger partial charge < -0.3 is 28.4 Å². The molecule has 1 aromatic heterocycles. The van der Waals surface area contributed by atoms with E-state index in [1.807, 2.05) is 43.3 Å². The molecule has 2 aromatic carbocycles. The van der Waals surface area contributed by atoms with Crippen molar-refractivity contribution in [3.05, 3.63) is 83.3 Å². The monoisotopic (exact) mass is 464 g/mol. The summed E-state index contributed by atoms with van der Waals surface area (Å²) in [6.07, 6.45) is 1.57. The fraction of sp³-hybridized carbons (Fsp3) is 0.308. The smallest absolute Gasteiger partial charge is 0.254 e. The van der Waals surface area contributed by atoms with Gasteiger partial charge in [-0.3, -0.25) is 9.59 Å². The molecule has 4 rings (SSSR count). The van der Waals surface area contributed by atoms with E-state index in [0.29, 0.717) is 42.5 Å². The van der Waals surface area contributed by atoms with Gasteiger partial charge in [-0.15, -0.1) is 0 Å². The van der Waals surface area contributed by atoms with Gasteiger partial charge in [-0.25, -0.2) is 0 Å². The highest BCUT2D eigenvalue weighted by Crippen LogP contribution is 2.33. The number of methoxy groups -OCH3 is 1. The van der Waals surface area contributed by atoms with Crippen molar-refractivity contribution in [2.24, 2.45) is 0 Å². The highest BCUT2D eigenvalue weighted by molar-refractivity contribution is 5.96. The van der Waals surface area contributed by atoms with Crippen LogP contribution >= 0.6 is 0 Å². The van der Waals surface area contributed by atoms with E-state index in [2.05, 4.69) is 0 Å². The number of carbonyl (C=O) groups excluding carboxylic acids is 2. The summed E-state index contributed by atoms with van der Waals surface area (Å²) in [4.78, 5) is 29.8. The largest absolute Gasteiger partial charge is 0.467 e. The van der Waals surface area contributed by atoms with Crippen LogP contribution in [0, 0.1) is 6.92 Å². The third-order valence-corrected chi connectivity index (χ3v) is 5.57. The van der Waals surface area contributed by atoms with Gasteiger partial charge >= 0.3 is 0 Å². The summed E-state index contributed by atoms with van der Waals surface area (Å²) in [7, 11) is 1.57. The van der Waals surface area contributed by atoms with Gasteiger partial charge in [0, 0.05) is 25.8 Å². The molecule has 8 heteroatoms. The normalized spacial score (nSPS) is 11.9. The molecule has 0 aliphatic carbocycles. The van der Waals surface area contributed by atoms with E-state index < -0.39 is 0 Å². The summed E-state index contributed by atoms with van der Waals surface area (Å²) in [5, 5.41) is 0. The Kier molecular flexibility index (Phi) is 7.49. The Morgan fingerprint density at radius 1 is 0.971 bits per heavy atom. The molecule has 0 atom stereocenters. The van der Waals surface area contributed by atoms with Gasteiger partial charge in [-0.2, -0.15) is 0 Å². The molecule has 3 aromatic rings. The first-order valence-electron chi connectivity index (χ1n) is 11.1. The second kappa shape index (κ2) is 10.9. The predicted molar refractivity (Wildman–Crippen MR) is 124 cm³/mol. The minimum atomic E-state index is -0.216. The molecule has 0 N–H and O–H groups in total. The number of nitrogens with zero attached hydrogens (tertiary/aromatic N) is 2. The molecule has 1 aliphatic rings. The maximum Gasteiger partial charge on any atom is 0.254 e. The zero-order valence-corrected chi connectivity index (χ0v) is 19.4. The van der Waals surface area contributed by atoms with Gasteiger partial charge in [-0.05, 0) is 48.9 Å². The van der Waals surface area contributed by atoms with Crippen molar-refractivity contribution in [2.45, 2.75) is 20.0 Å². The Balaban J connectivity index is 1.53. The number of hydrogen-bond donors (Lipinski definition) is 0. The van der Waals surface area contributed by atoms with Crippen molar-refractivity contribution in [1.82, 2.24) is 9.80 Å². The SMILES string of the molecule is COCCN(CC(=O)N(Cc1ccc2c(c1)OCO2)Cc1ccco1)C(=O)c1ccc(C)cc1. The zero-order valence-electron chi connectivity index (χ0n) is 19.4. The topological polar surface area (TPSA) is 81.5 Å². The highest BCUT2D eigenvalue weighted by atomic mass is 16.7. The molecule has 34 heavy (non-hydrogen) atoms. The second-order valence-electron chi connectivity index (χ2n) is 8.10. The van der Waals surface area contributed by atoms with E-state index in [9.17, 15) is 9.59 Å². The van der Waals surface area contributed by atoms with Crippen molar-refractivity contribution in [1.29, 1.82) is 0 Å². The van der Waals surface area contributed by atoms with Crippen LogP contribution in [0.25, 0.3) is 0 Å². The van der Waals surface area contributed by atoms with E-state index >= 15 is 0 Å². The lowest BCUT2D eigenvalue weighted by atomic mass is 10.1. The summed E-state index contributed by atoms with van der Waals surface area (Å²) < 4.78 is 21.5. The number of rotatable bonds is 10. The fourth-order valence-electron chi connectivity index (χ4n) is 3.68. The first-order chi connectivity index (χ1) is 16.5. The lowest BCUT2D eigenvalue weighted by Gasteiger charge is -2.27. The molecular formula is C26H28N2O6. The summed E-state index contributed by atoms with van der Waals surface area (Å²) in [5.74, 6) is 1.57. The van der Waals surface area contributed by atoms with Crippen molar-refractivity contribution in [3.8, 4) is 11.5 Å². The predicted octanol–water partition coefficient (Wildman–Crippen LogP) is 3.63. The average Bonchev–Trinajstić information content (AvgIpc) is 3.53. The van der Waals surface area contributed by atoms with E-state index in [4.69, 9.17) is 18.6 Å². The van der Waals surface area contributed by atoms with E-state index in [0.717, 1.165) is 11.1 Å². The number of benzene rings is 2. The van der Waals surface area contributed by atoms with Crippen molar-refractivity contribution in [2.75, 3.05) is 33.6 Å². The van der Waals surface area contributed by atoms with Crippen LogP contribution in [-0.2, 0) is 22.6 Å². The minimum Gasteiger partial charge on any atom is -0.467 e. The quantitative estimate of drug-likeness (QED) is 0.456. The maximum atomic E-state index is 13.5. The standard InChI is InChI=1S/C26H28N2O6/c1-19-5-8-21(9-6-19)26(30)27(11-13-31-2)17-25(29)28(16-22-4-3-12-32-22)15-20-7-10-23-24(14-20)34-18-33-23/h3-10,12,14H,11,13,15-18H2,1-2H3. The Hall–Kier alpha value is -3.78. The summed E-state index contributed by atoms with van der Waals surface area (Å²) >= 11 is 0. The zero-order chi connectivity index (χ0) is 23.9. The first kappa shape index (κ1) is 23.4.